The number of nitrogens with one attached hydrogen (secondary N) is 2. The van der Waals surface area contributed by atoms with Crippen LogP contribution in [0.5, 0.6) is 0 Å². The first-order chi connectivity index (χ1) is 10.7. The normalized spacial score (nSPS) is 11.3. The number of carbonyl (C=O) groups is 2. The highest BCUT2D eigenvalue weighted by Gasteiger charge is 2.08. The number of hydrogen-bond acceptors (Lipinski definition) is 4. The highest BCUT2D eigenvalue weighted by atomic mass is 32.2. The smallest absolute Gasteiger partial charge is 0.238 e. The quantitative estimate of drug-likeness (QED) is 0.583. The molecule has 0 atom stereocenters. The molecule has 0 spiro atoms. The minimum Gasteiger partial charge on any atom is -0.354 e. The maximum atomic E-state index is 11.7. The van der Waals surface area contributed by atoms with Crippen molar-refractivity contribution in [2.24, 2.45) is 11.1 Å². The van der Waals surface area contributed by atoms with E-state index in [-0.39, 0.29) is 29.0 Å². The lowest BCUT2D eigenvalue weighted by Gasteiger charge is -2.09. The van der Waals surface area contributed by atoms with Crippen molar-refractivity contribution in [3.8, 4) is 0 Å². The molecular weight excluding hydrogens is 318 g/mol. The number of hydrogen-bond donors (Lipinski definition) is 3. The maximum absolute atomic E-state index is 11.7. The average Bonchev–Trinajstić information content (AvgIpc) is 2.48. The van der Waals surface area contributed by atoms with Crippen molar-refractivity contribution in [2.45, 2.75) is 31.6 Å². The van der Waals surface area contributed by atoms with E-state index in [0.717, 1.165) is 5.56 Å². The van der Waals surface area contributed by atoms with Crippen LogP contribution in [0.3, 0.4) is 0 Å². The number of rotatable bonds is 8. The summed E-state index contributed by atoms with van der Waals surface area (Å²) >= 11 is 0. The standard InChI is InChI=1S/C15H23N3O4S/c1-11(2)15(20)18-10-9-17-14(19)8-5-12-3-6-13(7-4-12)23(16,21)22/h3-4,6-7,11H,5,8-10H2,1-2H3,(H,17,19)(H,18,20)(H2,16,21,22). The van der Waals surface area contributed by atoms with E-state index in [1.165, 1.54) is 12.1 Å². The number of nitrogens with two attached hydrogens (primary N) is 1. The first-order valence-electron chi connectivity index (χ1n) is 7.36. The number of aryl methyl sites for hydroxylation is 1. The van der Waals surface area contributed by atoms with E-state index in [9.17, 15) is 18.0 Å². The topological polar surface area (TPSA) is 118 Å². The highest BCUT2D eigenvalue weighted by Crippen LogP contribution is 2.10. The fourth-order valence-electron chi connectivity index (χ4n) is 1.78. The summed E-state index contributed by atoms with van der Waals surface area (Å²) in [6.45, 7) is 4.37. The van der Waals surface area contributed by atoms with E-state index >= 15 is 0 Å². The van der Waals surface area contributed by atoms with Crippen molar-refractivity contribution in [2.75, 3.05) is 13.1 Å². The summed E-state index contributed by atoms with van der Waals surface area (Å²) in [5, 5.41) is 10.4. The molecule has 0 fully saturated rings. The van der Waals surface area contributed by atoms with Gasteiger partial charge in [-0.15, -0.1) is 0 Å². The summed E-state index contributed by atoms with van der Waals surface area (Å²) in [5.74, 6) is -0.250. The molecule has 2 amide bonds. The van der Waals surface area contributed by atoms with E-state index in [1.807, 2.05) is 0 Å². The van der Waals surface area contributed by atoms with Crippen LogP contribution in [0.15, 0.2) is 29.2 Å². The molecule has 1 aromatic rings. The summed E-state index contributed by atoms with van der Waals surface area (Å²) in [7, 11) is -3.69. The molecule has 1 rings (SSSR count). The third kappa shape index (κ3) is 7.25. The average molecular weight is 341 g/mol. The van der Waals surface area contributed by atoms with Gasteiger partial charge < -0.3 is 10.6 Å². The van der Waals surface area contributed by atoms with Gasteiger partial charge in [0.1, 0.15) is 0 Å². The molecule has 8 heteroatoms. The van der Waals surface area contributed by atoms with E-state index < -0.39 is 10.0 Å². The Labute approximate surface area is 136 Å². The van der Waals surface area contributed by atoms with Gasteiger partial charge in [0.15, 0.2) is 0 Å². The highest BCUT2D eigenvalue weighted by molar-refractivity contribution is 7.89. The van der Waals surface area contributed by atoms with Gasteiger partial charge in [-0.3, -0.25) is 9.59 Å². The zero-order valence-corrected chi connectivity index (χ0v) is 14.2. The van der Waals surface area contributed by atoms with Crippen LogP contribution in [0.2, 0.25) is 0 Å². The third-order valence-electron chi connectivity index (χ3n) is 3.16. The zero-order valence-electron chi connectivity index (χ0n) is 13.3. The van der Waals surface area contributed by atoms with Crippen molar-refractivity contribution in [1.82, 2.24) is 10.6 Å². The predicted octanol–water partition coefficient (Wildman–Crippen LogP) is 0.155. The van der Waals surface area contributed by atoms with Gasteiger partial charge in [0.2, 0.25) is 21.8 Å². The largest absolute Gasteiger partial charge is 0.354 e. The van der Waals surface area contributed by atoms with Gasteiger partial charge in [0.05, 0.1) is 4.90 Å². The van der Waals surface area contributed by atoms with E-state index in [1.54, 1.807) is 26.0 Å². The molecule has 0 aliphatic heterocycles. The van der Waals surface area contributed by atoms with Gasteiger partial charge in [0.25, 0.3) is 0 Å². The first kappa shape index (κ1) is 19.1. The van der Waals surface area contributed by atoms with Gasteiger partial charge in [-0.05, 0) is 24.1 Å². The molecule has 1 aromatic carbocycles. The Morgan fingerprint density at radius 1 is 1.09 bits per heavy atom. The lowest BCUT2D eigenvalue weighted by Crippen LogP contribution is -2.36. The van der Waals surface area contributed by atoms with Crippen LogP contribution in [-0.2, 0) is 26.0 Å². The SMILES string of the molecule is CC(C)C(=O)NCCNC(=O)CCc1ccc(S(N)(=O)=O)cc1. The van der Waals surface area contributed by atoms with Gasteiger partial charge in [-0.25, -0.2) is 13.6 Å². The molecule has 0 radical (unpaired) electrons. The van der Waals surface area contributed by atoms with Crippen LogP contribution in [0.1, 0.15) is 25.8 Å². The van der Waals surface area contributed by atoms with Crippen molar-refractivity contribution in [1.29, 1.82) is 0 Å². The molecular formula is C15H23N3O4S. The van der Waals surface area contributed by atoms with Crippen LogP contribution in [0.25, 0.3) is 0 Å². The fraction of sp³-hybridized carbons (Fsp3) is 0.467. The van der Waals surface area contributed by atoms with Gasteiger partial charge in [-0.2, -0.15) is 0 Å². The number of primary sulfonamides is 1. The summed E-state index contributed by atoms with van der Waals surface area (Å²) in [5.41, 5.74) is 0.848. The summed E-state index contributed by atoms with van der Waals surface area (Å²) in [4.78, 5) is 23.0. The Morgan fingerprint density at radius 3 is 2.17 bits per heavy atom. The lowest BCUT2D eigenvalue weighted by molar-refractivity contribution is -0.124. The summed E-state index contributed by atoms with van der Waals surface area (Å²) in [6, 6.07) is 6.11. The predicted molar refractivity (Wildman–Crippen MR) is 87.0 cm³/mol. The molecule has 0 aliphatic carbocycles. The Hall–Kier alpha value is -1.93. The molecule has 23 heavy (non-hydrogen) atoms. The monoisotopic (exact) mass is 341 g/mol. The Morgan fingerprint density at radius 2 is 1.65 bits per heavy atom. The Balaban J connectivity index is 2.30. The summed E-state index contributed by atoms with van der Waals surface area (Å²) in [6.07, 6.45) is 0.780. The Kier molecular flexibility index (Phi) is 7.18. The van der Waals surface area contributed by atoms with E-state index in [0.29, 0.717) is 19.5 Å². The van der Waals surface area contributed by atoms with Crippen molar-refractivity contribution in [3.05, 3.63) is 29.8 Å². The second-order valence-corrected chi connectivity index (χ2v) is 7.05. The van der Waals surface area contributed by atoms with Crippen molar-refractivity contribution >= 4 is 21.8 Å². The van der Waals surface area contributed by atoms with E-state index in [2.05, 4.69) is 10.6 Å². The van der Waals surface area contributed by atoms with E-state index in [4.69, 9.17) is 5.14 Å². The first-order valence-corrected chi connectivity index (χ1v) is 8.91. The third-order valence-corrected chi connectivity index (χ3v) is 4.09. The number of carbonyl (C=O) groups excluding carboxylic acids is 2. The molecule has 0 aromatic heterocycles. The van der Waals surface area contributed by atoms with Crippen molar-refractivity contribution in [3.63, 3.8) is 0 Å². The lowest BCUT2D eigenvalue weighted by atomic mass is 10.1. The minimum atomic E-state index is -3.69. The molecule has 4 N–H and O–H groups in total. The van der Waals surface area contributed by atoms with Crippen LogP contribution in [-0.4, -0.2) is 33.3 Å². The zero-order chi connectivity index (χ0) is 17.5. The van der Waals surface area contributed by atoms with Gasteiger partial charge in [0, 0.05) is 25.4 Å². The molecule has 0 saturated heterocycles. The second kappa shape index (κ2) is 8.64. The van der Waals surface area contributed by atoms with Crippen LogP contribution >= 0.6 is 0 Å². The molecule has 7 nitrogen and oxygen atoms in total. The summed E-state index contributed by atoms with van der Waals surface area (Å²) < 4.78 is 22.3. The number of amides is 2. The fourth-order valence-corrected chi connectivity index (χ4v) is 2.30. The Bertz CT molecular complexity index is 639. The van der Waals surface area contributed by atoms with Crippen LogP contribution < -0.4 is 15.8 Å². The molecule has 0 aliphatic rings. The molecule has 128 valence electrons. The van der Waals surface area contributed by atoms with Crippen LogP contribution in [0.4, 0.5) is 0 Å². The molecule has 0 unspecified atom stereocenters. The molecule has 0 saturated carbocycles. The number of benzene rings is 1. The molecule has 0 bridgehead atoms. The second-order valence-electron chi connectivity index (χ2n) is 5.48. The van der Waals surface area contributed by atoms with Crippen LogP contribution in [0, 0.1) is 5.92 Å². The van der Waals surface area contributed by atoms with Gasteiger partial charge in [-0.1, -0.05) is 26.0 Å². The minimum absolute atomic E-state index is 0.0470. The number of sulfonamides is 1. The van der Waals surface area contributed by atoms with Gasteiger partial charge >= 0.3 is 0 Å². The van der Waals surface area contributed by atoms with Crippen molar-refractivity contribution < 1.29 is 18.0 Å². The molecule has 0 heterocycles. The maximum Gasteiger partial charge on any atom is 0.238 e.